The van der Waals surface area contributed by atoms with Crippen LogP contribution in [0.2, 0.25) is 0 Å². The van der Waals surface area contributed by atoms with Crippen molar-refractivity contribution >= 4 is 22.9 Å². The van der Waals surface area contributed by atoms with Gasteiger partial charge < -0.3 is 20.7 Å². The number of amides is 1. The van der Waals surface area contributed by atoms with Crippen molar-refractivity contribution in [3.8, 4) is 0 Å². The molecule has 1 amide bonds. The molecule has 1 fully saturated rings. The number of likely N-dealkylation sites (tertiary alicyclic amines) is 1. The standard InChI is InChI=1S/C17H21F3N6O2/c1-2-13(27)26-5-3-10(4-6-26)24-12-8-22-15-14(25-12)11(7-21-15)16(28)23-9-17(18,19)20/h2,7-8,10,13,27H,1,3-6,9H2,(H,21,22)(H,23,28)(H,24,25). The second kappa shape index (κ2) is 8.15. The van der Waals surface area contributed by atoms with Crippen molar-refractivity contribution < 1.29 is 23.1 Å². The highest BCUT2D eigenvalue weighted by Crippen LogP contribution is 2.20. The molecule has 1 unspecified atom stereocenters. The average Bonchev–Trinajstić information content (AvgIpc) is 3.09. The van der Waals surface area contributed by atoms with Crippen LogP contribution in [-0.2, 0) is 0 Å². The number of carbonyl (C=O) groups is 1. The molecule has 11 heteroatoms. The number of nitrogens with zero attached hydrogens (tertiary/aromatic N) is 3. The number of alkyl halides is 3. The van der Waals surface area contributed by atoms with E-state index < -0.39 is 24.9 Å². The summed E-state index contributed by atoms with van der Waals surface area (Å²) in [6, 6.07) is 0.0986. The molecule has 1 saturated heterocycles. The number of aromatic amines is 1. The first-order valence-electron chi connectivity index (χ1n) is 8.77. The summed E-state index contributed by atoms with van der Waals surface area (Å²) >= 11 is 0. The minimum absolute atomic E-state index is 0.000625. The molecule has 2 aromatic heterocycles. The Labute approximate surface area is 158 Å². The molecule has 28 heavy (non-hydrogen) atoms. The van der Waals surface area contributed by atoms with Gasteiger partial charge >= 0.3 is 6.18 Å². The number of carbonyl (C=O) groups excluding carboxylic acids is 1. The molecule has 0 aliphatic carbocycles. The number of aliphatic hydroxyl groups excluding tert-OH is 1. The predicted octanol–water partition coefficient (Wildman–Crippen LogP) is 1.63. The minimum Gasteiger partial charge on any atom is -0.375 e. The van der Waals surface area contributed by atoms with E-state index in [1.54, 1.807) is 0 Å². The van der Waals surface area contributed by atoms with E-state index in [0.29, 0.717) is 24.6 Å². The zero-order valence-electron chi connectivity index (χ0n) is 15.0. The highest BCUT2D eigenvalue weighted by atomic mass is 19.4. The van der Waals surface area contributed by atoms with Crippen LogP contribution in [0.1, 0.15) is 23.2 Å². The maximum Gasteiger partial charge on any atom is 0.405 e. The van der Waals surface area contributed by atoms with Crippen molar-refractivity contribution in [2.24, 2.45) is 0 Å². The van der Waals surface area contributed by atoms with Crippen LogP contribution >= 0.6 is 0 Å². The first-order chi connectivity index (χ1) is 13.3. The number of hydrogen-bond acceptors (Lipinski definition) is 6. The third-order valence-electron chi connectivity index (χ3n) is 4.54. The van der Waals surface area contributed by atoms with E-state index in [-0.39, 0.29) is 17.1 Å². The van der Waals surface area contributed by atoms with Crippen LogP contribution in [0.15, 0.2) is 25.0 Å². The van der Waals surface area contributed by atoms with Gasteiger partial charge in [0.1, 0.15) is 24.1 Å². The van der Waals surface area contributed by atoms with Crippen LogP contribution in [-0.4, -0.2) is 68.9 Å². The first kappa shape index (κ1) is 20.1. The van der Waals surface area contributed by atoms with Crippen molar-refractivity contribution in [3.05, 3.63) is 30.6 Å². The molecule has 0 aromatic carbocycles. The Kier molecular flexibility index (Phi) is 5.84. The highest BCUT2D eigenvalue weighted by Gasteiger charge is 2.29. The first-order valence-corrected chi connectivity index (χ1v) is 8.77. The summed E-state index contributed by atoms with van der Waals surface area (Å²) in [6.45, 7) is 3.51. The highest BCUT2D eigenvalue weighted by molar-refractivity contribution is 6.04. The van der Waals surface area contributed by atoms with Gasteiger partial charge in [0.05, 0.1) is 11.8 Å². The third-order valence-corrected chi connectivity index (χ3v) is 4.54. The molecule has 1 aliphatic heterocycles. The van der Waals surface area contributed by atoms with Crippen molar-refractivity contribution in [2.45, 2.75) is 31.3 Å². The molecule has 8 nitrogen and oxygen atoms in total. The van der Waals surface area contributed by atoms with E-state index in [9.17, 15) is 23.1 Å². The van der Waals surface area contributed by atoms with Gasteiger partial charge in [0.2, 0.25) is 0 Å². The Balaban J connectivity index is 1.67. The number of aromatic nitrogens is 3. The summed E-state index contributed by atoms with van der Waals surface area (Å²) in [4.78, 5) is 25.2. The predicted molar refractivity (Wildman–Crippen MR) is 96.7 cm³/mol. The molecule has 0 spiro atoms. The van der Waals surface area contributed by atoms with Gasteiger partial charge in [-0.3, -0.25) is 9.69 Å². The van der Waals surface area contributed by atoms with Gasteiger partial charge in [-0.25, -0.2) is 9.97 Å². The van der Waals surface area contributed by atoms with Crippen LogP contribution < -0.4 is 10.6 Å². The number of aliphatic hydroxyl groups is 1. The summed E-state index contributed by atoms with van der Waals surface area (Å²) in [7, 11) is 0. The molecule has 2 aromatic rings. The molecule has 0 radical (unpaired) electrons. The SMILES string of the molecule is C=CC(O)N1CCC(Nc2cnc3[nH]cc(C(=O)NCC(F)(F)F)c3n2)CC1. The van der Waals surface area contributed by atoms with E-state index in [1.807, 2.05) is 10.2 Å². The number of hydrogen-bond donors (Lipinski definition) is 4. The van der Waals surface area contributed by atoms with Gasteiger partial charge in [-0.1, -0.05) is 6.58 Å². The number of nitrogens with one attached hydrogen (secondary N) is 3. The van der Waals surface area contributed by atoms with Crippen molar-refractivity contribution in [1.29, 1.82) is 0 Å². The minimum atomic E-state index is -4.49. The zero-order chi connectivity index (χ0) is 20.3. The quantitative estimate of drug-likeness (QED) is 0.551. The fraction of sp³-hybridized carbons (Fsp3) is 0.471. The van der Waals surface area contributed by atoms with E-state index in [2.05, 4.69) is 26.8 Å². The monoisotopic (exact) mass is 398 g/mol. The number of halogens is 3. The Morgan fingerprint density at radius 1 is 1.46 bits per heavy atom. The molecule has 152 valence electrons. The van der Waals surface area contributed by atoms with Gasteiger partial charge in [-0.2, -0.15) is 13.2 Å². The lowest BCUT2D eigenvalue weighted by molar-refractivity contribution is -0.123. The molecule has 0 saturated carbocycles. The normalized spacial score (nSPS) is 17.4. The number of H-pyrrole nitrogens is 1. The fourth-order valence-corrected chi connectivity index (χ4v) is 3.08. The summed E-state index contributed by atoms with van der Waals surface area (Å²) in [5, 5.41) is 14.8. The Morgan fingerprint density at radius 2 is 2.18 bits per heavy atom. The number of anilines is 1. The number of rotatable bonds is 6. The summed E-state index contributed by atoms with van der Waals surface area (Å²) < 4.78 is 36.9. The van der Waals surface area contributed by atoms with Crippen LogP contribution in [0.5, 0.6) is 0 Å². The second-order valence-electron chi connectivity index (χ2n) is 6.56. The van der Waals surface area contributed by atoms with E-state index in [1.165, 1.54) is 18.5 Å². The van der Waals surface area contributed by atoms with Crippen LogP contribution in [0.4, 0.5) is 19.0 Å². The van der Waals surface area contributed by atoms with Crippen LogP contribution in [0.3, 0.4) is 0 Å². The molecule has 1 atom stereocenters. The Hall–Kier alpha value is -2.66. The molecular formula is C17H21F3N6O2. The summed E-state index contributed by atoms with van der Waals surface area (Å²) in [5.41, 5.74) is 0.509. The summed E-state index contributed by atoms with van der Waals surface area (Å²) in [6.07, 6.45) is 0.623. The number of fused-ring (bicyclic) bond motifs is 1. The van der Waals surface area contributed by atoms with Gasteiger partial charge in [-0.15, -0.1) is 0 Å². The van der Waals surface area contributed by atoms with E-state index in [4.69, 9.17) is 0 Å². The maximum atomic E-state index is 12.3. The fourth-order valence-electron chi connectivity index (χ4n) is 3.08. The van der Waals surface area contributed by atoms with Crippen molar-refractivity contribution in [1.82, 2.24) is 25.2 Å². The molecular weight excluding hydrogens is 377 g/mol. The van der Waals surface area contributed by atoms with Gasteiger partial charge in [0, 0.05) is 25.3 Å². The van der Waals surface area contributed by atoms with Gasteiger partial charge in [0.15, 0.2) is 5.65 Å². The molecule has 4 N–H and O–H groups in total. The average molecular weight is 398 g/mol. The van der Waals surface area contributed by atoms with Crippen LogP contribution in [0.25, 0.3) is 11.2 Å². The summed E-state index contributed by atoms with van der Waals surface area (Å²) in [5.74, 6) is -0.443. The second-order valence-corrected chi connectivity index (χ2v) is 6.56. The molecule has 3 rings (SSSR count). The lowest BCUT2D eigenvalue weighted by Crippen LogP contribution is -2.43. The van der Waals surface area contributed by atoms with E-state index in [0.717, 1.165) is 12.8 Å². The number of piperidine rings is 1. The topological polar surface area (TPSA) is 106 Å². The van der Waals surface area contributed by atoms with Crippen LogP contribution in [0, 0.1) is 0 Å². The lowest BCUT2D eigenvalue weighted by atomic mass is 10.0. The lowest BCUT2D eigenvalue weighted by Gasteiger charge is -2.34. The maximum absolute atomic E-state index is 12.3. The largest absolute Gasteiger partial charge is 0.405 e. The van der Waals surface area contributed by atoms with Gasteiger partial charge in [0.25, 0.3) is 5.91 Å². The van der Waals surface area contributed by atoms with Crippen molar-refractivity contribution in [3.63, 3.8) is 0 Å². The zero-order valence-corrected chi connectivity index (χ0v) is 15.0. The molecule has 1 aliphatic rings. The Morgan fingerprint density at radius 3 is 2.82 bits per heavy atom. The smallest absolute Gasteiger partial charge is 0.375 e. The molecule has 3 heterocycles. The Bertz CT molecular complexity index is 845. The van der Waals surface area contributed by atoms with Gasteiger partial charge in [-0.05, 0) is 18.9 Å². The third kappa shape index (κ3) is 4.78. The van der Waals surface area contributed by atoms with E-state index >= 15 is 0 Å². The van der Waals surface area contributed by atoms with Crippen molar-refractivity contribution in [2.75, 3.05) is 25.0 Å². The molecule has 0 bridgehead atoms.